The van der Waals surface area contributed by atoms with E-state index in [1.54, 1.807) is 0 Å². The standard InChI is InChI=1S/C19H23ClN2O2/c1-15(16-8-10-17(20)11-9-16)21-19(23)14-22(2)12-13-24-18-6-4-3-5-7-18/h3-11,15H,12-14H2,1-2H3,(H,21,23). The van der Waals surface area contributed by atoms with Crippen LogP contribution in [0.4, 0.5) is 0 Å². The van der Waals surface area contributed by atoms with Crippen LogP contribution in [0, 0.1) is 0 Å². The van der Waals surface area contributed by atoms with Gasteiger partial charge in [-0.25, -0.2) is 0 Å². The second kappa shape index (κ2) is 9.30. The summed E-state index contributed by atoms with van der Waals surface area (Å²) in [5.41, 5.74) is 1.03. The molecule has 2 aromatic carbocycles. The molecule has 2 aromatic rings. The number of likely N-dealkylation sites (N-methyl/N-ethyl adjacent to an activating group) is 1. The fourth-order valence-electron chi connectivity index (χ4n) is 2.28. The number of hydrogen-bond donors (Lipinski definition) is 1. The minimum atomic E-state index is -0.0521. The number of ether oxygens (including phenoxy) is 1. The first-order chi connectivity index (χ1) is 11.5. The molecule has 0 radical (unpaired) electrons. The average molecular weight is 347 g/mol. The van der Waals surface area contributed by atoms with Crippen molar-refractivity contribution in [2.24, 2.45) is 0 Å². The van der Waals surface area contributed by atoms with E-state index >= 15 is 0 Å². The second-order valence-electron chi connectivity index (χ2n) is 5.74. The Morgan fingerprint density at radius 2 is 1.83 bits per heavy atom. The molecule has 2 rings (SSSR count). The van der Waals surface area contributed by atoms with Crippen LogP contribution in [0.5, 0.6) is 5.75 Å². The number of carbonyl (C=O) groups excluding carboxylic acids is 1. The molecule has 0 aliphatic rings. The lowest BCUT2D eigenvalue weighted by molar-refractivity contribution is -0.122. The molecule has 0 aliphatic heterocycles. The summed E-state index contributed by atoms with van der Waals surface area (Å²) in [4.78, 5) is 14.1. The van der Waals surface area contributed by atoms with E-state index in [4.69, 9.17) is 16.3 Å². The predicted octanol–water partition coefficient (Wildman–Crippen LogP) is 3.53. The lowest BCUT2D eigenvalue weighted by Crippen LogP contribution is -2.38. The van der Waals surface area contributed by atoms with Crippen molar-refractivity contribution in [1.82, 2.24) is 10.2 Å². The van der Waals surface area contributed by atoms with E-state index in [0.29, 0.717) is 24.7 Å². The van der Waals surface area contributed by atoms with Gasteiger partial charge < -0.3 is 10.1 Å². The highest BCUT2D eigenvalue weighted by Crippen LogP contribution is 2.15. The summed E-state index contributed by atoms with van der Waals surface area (Å²) in [5, 5.41) is 3.68. The molecule has 1 amide bonds. The van der Waals surface area contributed by atoms with Crippen molar-refractivity contribution in [2.45, 2.75) is 13.0 Å². The maximum Gasteiger partial charge on any atom is 0.234 e. The van der Waals surface area contributed by atoms with Gasteiger partial charge in [-0.05, 0) is 43.8 Å². The van der Waals surface area contributed by atoms with Gasteiger partial charge in [0.15, 0.2) is 0 Å². The number of rotatable bonds is 8. The lowest BCUT2D eigenvalue weighted by Gasteiger charge is -2.19. The van der Waals surface area contributed by atoms with E-state index in [2.05, 4.69) is 5.32 Å². The topological polar surface area (TPSA) is 41.6 Å². The van der Waals surface area contributed by atoms with Crippen molar-refractivity contribution in [3.63, 3.8) is 0 Å². The number of carbonyl (C=O) groups is 1. The molecule has 0 aromatic heterocycles. The highest BCUT2D eigenvalue weighted by molar-refractivity contribution is 6.30. The SMILES string of the molecule is CC(NC(=O)CN(C)CCOc1ccccc1)c1ccc(Cl)cc1. The van der Waals surface area contributed by atoms with Crippen molar-refractivity contribution in [1.29, 1.82) is 0 Å². The number of nitrogens with zero attached hydrogens (tertiary/aromatic N) is 1. The Balaban J connectivity index is 1.70. The molecule has 5 heteroatoms. The quantitative estimate of drug-likeness (QED) is 0.795. The normalized spacial score (nSPS) is 12.0. The van der Waals surface area contributed by atoms with E-state index < -0.39 is 0 Å². The summed E-state index contributed by atoms with van der Waals surface area (Å²) < 4.78 is 5.63. The maximum atomic E-state index is 12.1. The Morgan fingerprint density at radius 3 is 2.50 bits per heavy atom. The third kappa shape index (κ3) is 6.22. The Labute approximate surface area is 148 Å². The van der Waals surface area contributed by atoms with Crippen molar-refractivity contribution in [3.05, 3.63) is 65.2 Å². The van der Waals surface area contributed by atoms with Gasteiger partial charge in [0, 0.05) is 11.6 Å². The van der Waals surface area contributed by atoms with Crippen molar-refractivity contribution < 1.29 is 9.53 Å². The van der Waals surface area contributed by atoms with Gasteiger partial charge >= 0.3 is 0 Å². The van der Waals surface area contributed by atoms with Crippen LogP contribution in [0.1, 0.15) is 18.5 Å². The fraction of sp³-hybridized carbons (Fsp3) is 0.316. The van der Waals surface area contributed by atoms with E-state index in [0.717, 1.165) is 11.3 Å². The minimum Gasteiger partial charge on any atom is -0.492 e. The van der Waals surface area contributed by atoms with Crippen LogP contribution in [-0.2, 0) is 4.79 Å². The first-order valence-corrected chi connectivity index (χ1v) is 8.33. The smallest absolute Gasteiger partial charge is 0.234 e. The zero-order chi connectivity index (χ0) is 17.4. The van der Waals surface area contributed by atoms with E-state index in [-0.39, 0.29) is 11.9 Å². The summed E-state index contributed by atoms with van der Waals surface area (Å²) in [7, 11) is 1.90. The summed E-state index contributed by atoms with van der Waals surface area (Å²) in [6.45, 7) is 3.51. The number of amides is 1. The van der Waals surface area contributed by atoms with Crippen molar-refractivity contribution in [2.75, 3.05) is 26.7 Å². The van der Waals surface area contributed by atoms with Gasteiger partial charge in [-0.1, -0.05) is 41.9 Å². The molecule has 0 aliphatic carbocycles. The number of hydrogen-bond acceptors (Lipinski definition) is 3. The molecule has 1 atom stereocenters. The van der Waals surface area contributed by atoms with Gasteiger partial charge in [-0.2, -0.15) is 0 Å². The highest BCUT2D eigenvalue weighted by Gasteiger charge is 2.11. The Hall–Kier alpha value is -2.04. The van der Waals surface area contributed by atoms with Gasteiger partial charge in [-0.15, -0.1) is 0 Å². The van der Waals surface area contributed by atoms with Gasteiger partial charge in [0.25, 0.3) is 0 Å². The molecule has 0 heterocycles. The molecule has 0 saturated heterocycles. The van der Waals surface area contributed by atoms with Crippen LogP contribution < -0.4 is 10.1 Å². The summed E-state index contributed by atoms with van der Waals surface area (Å²) >= 11 is 5.88. The molecule has 0 saturated carbocycles. The monoisotopic (exact) mass is 346 g/mol. The molecule has 0 bridgehead atoms. The zero-order valence-electron chi connectivity index (χ0n) is 14.0. The first-order valence-electron chi connectivity index (χ1n) is 7.96. The van der Waals surface area contributed by atoms with Crippen LogP contribution in [0.3, 0.4) is 0 Å². The highest BCUT2D eigenvalue weighted by atomic mass is 35.5. The molecule has 0 spiro atoms. The molecule has 0 fully saturated rings. The molecular weight excluding hydrogens is 324 g/mol. The molecule has 1 unspecified atom stereocenters. The largest absolute Gasteiger partial charge is 0.492 e. The fourth-order valence-corrected chi connectivity index (χ4v) is 2.41. The summed E-state index contributed by atoms with van der Waals surface area (Å²) in [6.07, 6.45) is 0. The Morgan fingerprint density at radius 1 is 1.17 bits per heavy atom. The van der Waals surface area contributed by atoms with Crippen LogP contribution in [0.15, 0.2) is 54.6 Å². The van der Waals surface area contributed by atoms with Crippen molar-refractivity contribution in [3.8, 4) is 5.75 Å². The van der Waals surface area contributed by atoms with E-state index in [1.807, 2.05) is 73.5 Å². The van der Waals surface area contributed by atoms with Gasteiger partial charge in [0.05, 0.1) is 12.6 Å². The molecule has 1 N–H and O–H groups in total. The molecule has 128 valence electrons. The summed E-state index contributed by atoms with van der Waals surface area (Å²) in [5.74, 6) is 0.825. The summed E-state index contributed by atoms with van der Waals surface area (Å²) in [6, 6.07) is 17.1. The third-order valence-corrected chi connectivity index (χ3v) is 3.90. The first kappa shape index (κ1) is 18.3. The minimum absolute atomic E-state index is 0.0142. The second-order valence-corrected chi connectivity index (χ2v) is 6.18. The number of nitrogens with one attached hydrogen (secondary N) is 1. The van der Waals surface area contributed by atoms with Gasteiger partial charge in [-0.3, -0.25) is 9.69 Å². The average Bonchev–Trinajstić information content (AvgIpc) is 2.56. The van der Waals surface area contributed by atoms with Crippen LogP contribution in [-0.4, -0.2) is 37.6 Å². The van der Waals surface area contributed by atoms with Crippen LogP contribution in [0.2, 0.25) is 5.02 Å². The Bertz CT molecular complexity index is 632. The predicted molar refractivity (Wildman–Crippen MR) is 97.4 cm³/mol. The van der Waals surface area contributed by atoms with Crippen molar-refractivity contribution >= 4 is 17.5 Å². The number of benzene rings is 2. The molecular formula is C19H23ClN2O2. The number of halogens is 1. The number of para-hydroxylation sites is 1. The zero-order valence-corrected chi connectivity index (χ0v) is 14.8. The lowest BCUT2D eigenvalue weighted by atomic mass is 10.1. The van der Waals surface area contributed by atoms with Crippen LogP contribution in [0.25, 0.3) is 0 Å². The van der Waals surface area contributed by atoms with Gasteiger partial charge in [0.2, 0.25) is 5.91 Å². The maximum absolute atomic E-state index is 12.1. The third-order valence-electron chi connectivity index (χ3n) is 3.65. The van der Waals surface area contributed by atoms with E-state index in [9.17, 15) is 4.79 Å². The molecule has 24 heavy (non-hydrogen) atoms. The van der Waals surface area contributed by atoms with Crippen LogP contribution >= 0.6 is 11.6 Å². The Kier molecular flexibility index (Phi) is 7.09. The molecule has 4 nitrogen and oxygen atoms in total. The van der Waals surface area contributed by atoms with Gasteiger partial charge in [0.1, 0.15) is 12.4 Å². The van der Waals surface area contributed by atoms with E-state index in [1.165, 1.54) is 0 Å².